The molecule has 5 aromatic carbocycles. The van der Waals surface area contributed by atoms with E-state index in [9.17, 15) is 20.4 Å². The molecule has 0 atom stereocenters. The predicted octanol–water partition coefficient (Wildman–Crippen LogP) is 10.6. The third kappa shape index (κ3) is 8.58. The van der Waals surface area contributed by atoms with Gasteiger partial charge in [0.25, 0.3) is 0 Å². The molecule has 0 bridgehead atoms. The minimum Gasteiger partial charge on any atom is -0.507 e. The standard InChI is InChI=1S/C34H22Br4N4O4/c35-23-1-5-31(43)19(9-23)15-39-27-13-29(41-17-21-11-25(37)3-7-33(21)45)30(42-18-22-12-26(38)4-8-34(22)46)14-28(27)40-16-20-10-24(36)2-6-32(20)44/h1-18,43-46H. The number of phenolic OH excluding ortho intramolecular Hbond substituents is 4. The normalized spacial score (nSPS) is 11.9. The van der Waals surface area contributed by atoms with Crippen molar-refractivity contribution in [1.29, 1.82) is 0 Å². The fraction of sp³-hybridized carbons (Fsp3) is 0. The Morgan fingerprint density at radius 2 is 0.565 bits per heavy atom. The van der Waals surface area contributed by atoms with Crippen molar-refractivity contribution in [2.45, 2.75) is 0 Å². The van der Waals surface area contributed by atoms with Gasteiger partial charge in [0.2, 0.25) is 0 Å². The number of aliphatic imine (C=N–C) groups is 4. The number of nitrogens with zero attached hydrogens (tertiary/aromatic N) is 4. The van der Waals surface area contributed by atoms with E-state index in [2.05, 4.69) is 83.7 Å². The summed E-state index contributed by atoms with van der Waals surface area (Å²) in [5, 5.41) is 41.6. The van der Waals surface area contributed by atoms with E-state index in [4.69, 9.17) is 0 Å². The number of hydrogen-bond donors (Lipinski definition) is 4. The number of aromatic hydroxyl groups is 4. The van der Waals surface area contributed by atoms with Crippen molar-refractivity contribution in [3.63, 3.8) is 0 Å². The Kier molecular flexibility index (Phi) is 10.8. The van der Waals surface area contributed by atoms with E-state index < -0.39 is 0 Å². The molecule has 0 heterocycles. The van der Waals surface area contributed by atoms with Gasteiger partial charge in [0.1, 0.15) is 23.0 Å². The Hall–Kier alpha value is -4.10. The van der Waals surface area contributed by atoms with Gasteiger partial charge >= 0.3 is 0 Å². The van der Waals surface area contributed by atoms with Crippen LogP contribution in [0.25, 0.3) is 0 Å². The summed E-state index contributed by atoms with van der Waals surface area (Å²) in [7, 11) is 0. The second-order valence-corrected chi connectivity index (χ2v) is 13.3. The molecule has 0 aliphatic carbocycles. The second kappa shape index (κ2) is 15.0. The molecule has 0 aliphatic rings. The Labute approximate surface area is 297 Å². The lowest BCUT2D eigenvalue weighted by Gasteiger charge is -2.08. The lowest BCUT2D eigenvalue weighted by Crippen LogP contribution is -1.86. The lowest BCUT2D eigenvalue weighted by molar-refractivity contribution is 0.474. The first-order valence-corrected chi connectivity index (χ1v) is 16.5. The van der Waals surface area contributed by atoms with Crippen LogP contribution in [-0.2, 0) is 0 Å². The highest BCUT2D eigenvalue weighted by Gasteiger charge is 2.11. The highest BCUT2D eigenvalue weighted by Crippen LogP contribution is 2.41. The summed E-state index contributed by atoms with van der Waals surface area (Å²) in [6.45, 7) is 0. The summed E-state index contributed by atoms with van der Waals surface area (Å²) < 4.78 is 3.04. The summed E-state index contributed by atoms with van der Waals surface area (Å²) in [6, 6.07) is 23.3. The fourth-order valence-corrected chi connectivity index (χ4v) is 5.56. The molecule has 4 N–H and O–H groups in total. The molecule has 0 spiro atoms. The summed E-state index contributed by atoms with van der Waals surface area (Å²) in [5.74, 6) is 0.146. The highest BCUT2D eigenvalue weighted by atomic mass is 79.9. The van der Waals surface area contributed by atoms with Crippen LogP contribution in [0, 0.1) is 0 Å². The maximum absolute atomic E-state index is 10.4. The quantitative estimate of drug-likeness (QED) is 0.116. The summed E-state index contributed by atoms with van der Waals surface area (Å²) in [4.78, 5) is 18.6. The molecule has 0 aromatic heterocycles. The molecule has 46 heavy (non-hydrogen) atoms. The fourth-order valence-electron chi connectivity index (χ4n) is 4.04. The van der Waals surface area contributed by atoms with Gasteiger partial charge in [-0.1, -0.05) is 63.7 Å². The zero-order chi connectivity index (χ0) is 32.8. The van der Waals surface area contributed by atoms with Crippen molar-refractivity contribution < 1.29 is 20.4 Å². The van der Waals surface area contributed by atoms with Gasteiger partial charge in [-0.25, -0.2) is 0 Å². The first-order valence-electron chi connectivity index (χ1n) is 13.3. The summed E-state index contributed by atoms with van der Waals surface area (Å²) >= 11 is 13.7. The first kappa shape index (κ1) is 33.3. The molecule has 0 radical (unpaired) electrons. The Morgan fingerprint density at radius 1 is 0.348 bits per heavy atom. The largest absolute Gasteiger partial charge is 0.507 e. The molecule has 0 saturated carbocycles. The van der Waals surface area contributed by atoms with Gasteiger partial charge in [-0.2, -0.15) is 0 Å². The zero-order valence-electron chi connectivity index (χ0n) is 23.5. The SMILES string of the molecule is Oc1ccc(Br)cc1C=Nc1cc(N=Cc2cc(Br)ccc2O)c(N=Cc2cc(Br)ccc2O)cc1N=Cc1cc(Br)ccc1O. The van der Waals surface area contributed by atoms with Crippen LogP contribution in [0.4, 0.5) is 22.7 Å². The molecular formula is C34H22Br4N4O4. The van der Waals surface area contributed by atoms with Crippen molar-refractivity contribution in [2.24, 2.45) is 20.0 Å². The van der Waals surface area contributed by atoms with E-state index in [1.165, 1.54) is 24.9 Å². The van der Waals surface area contributed by atoms with Crippen molar-refractivity contribution in [3.8, 4) is 23.0 Å². The van der Waals surface area contributed by atoms with E-state index in [0.717, 1.165) is 17.9 Å². The van der Waals surface area contributed by atoms with Crippen LogP contribution in [0.5, 0.6) is 23.0 Å². The van der Waals surface area contributed by atoms with Gasteiger partial charge in [-0.15, -0.1) is 0 Å². The van der Waals surface area contributed by atoms with E-state index >= 15 is 0 Å². The van der Waals surface area contributed by atoms with Crippen molar-refractivity contribution in [2.75, 3.05) is 0 Å². The maximum Gasteiger partial charge on any atom is 0.124 e. The number of phenols is 4. The van der Waals surface area contributed by atoms with Crippen molar-refractivity contribution in [3.05, 3.63) is 125 Å². The third-order valence-electron chi connectivity index (χ3n) is 6.40. The molecular weight excluding hydrogens is 848 g/mol. The van der Waals surface area contributed by atoms with Crippen LogP contribution in [0.3, 0.4) is 0 Å². The monoisotopic (exact) mass is 866 g/mol. The predicted molar refractivity (Wildman–Crippen MR) is 199 cm³/mol. The molecule has 0 fully saturated rings. The van der Waals surface area contributed by atoms with E-state index in [-0.39, 0.29) is 23.0 Å². The number of benzene rings is 5. The van der Waals surface area contributed by atoms with Gasteiger partial charge in [0.15, 0.2) is 0 Å². The Morgan fingerprint density at radius 3 is 0.783 bits per heavy atom. The zero-order valence-corrected chi connectivity index (χ0v) is 29.8. The van der Waals surface area contributed by atoms with Crippen LogP contribution < -0.4 is 0 Å². The minimum absolute atomic E-state index is 0.0366. The number of rotatable bonds is 8. The second-order valence-electron chi connectivity index (χ2n) is 9.67. The maximum atomic E-state index is 10.4. The lowest BCUT2D eigenvalue weighted by atomic mass is 10.1. The average Bonchev–Trinajstić information content (AvgIpc) is 3.03. The Bertz CT molecular complexity index is 1770. The van der Waals surface area contributed by atoms with Gasteiger partial charge in [0.05, 0.1) is 22.7 Å². The molecule has 0 aliphatic heterocycles. The minimum atomic E-state index is 0.0366. The highest BCUT2D eigenvalue weighted by molar-refractivity contribution is 9.11. The van der Waals surface area contributed by atoms with Crippen molar-refractivity contribution >= 4 is 111 Å². The molecule has 0 amide bonds. The summed E-state index contributed by atoms with van der Waals surface area (Å²) in [6.07, 6.45) is 6.00. The van der Waals surface area contributed by atoms with Crippen molar-refractivity contribution in [1.82, 2.24) is 0 Å². The van der Waals surface area contributed by atoms with Crippen LogP contribution in [0.1, 0.15) is 22.3 Å². The molecule has 0 saturated heterocycles. The van der Waals surface area contributed by atoms with E-state index in [1.54, 1.807) is 84.9 Å². The van der Waals surface area contributed by atoms with Crippen LogP contribution in [0.2, 0.25) is 0 Å². The smallest absolute Gasteiger partial charge is 0.124 e. The van der Waals surface area contributed by atoms with Gasteiger partial charge < -0.3 is 20.4 Å². The van der Waals surface area contributed by atoms with Crippen LogP contribution in [0.15, 0.2) is 123 Å². The molecule has 5 aromatic rings. The van der Waals surface area contributed by atoms with E-state index in [1.807, 2.05) is 0 Å². The van der Waals surface area contributed by atoms with Gasteiger partial charge in [-0.3, -0.25) is 20.0 Å². The molecule has 0 unspecified atom stereocenters. The first-order chi connectivity index (χ1) is 22.0. The Balaban J connectivity index is 1.69. The number of halogens is 4. The molecule has 230 valence electrons. The molecule has 8 nitrogen and oxygen atoms in total. The van der Waals surface area contributed by atoms with Crippen LogP contribution >= 0.6 is 63.7 Å². The van der Waals surface area contributed by atoms with Gasteiger partial charge in [0, 0.05) is 65.0 Å². The van der Waals surface area contributed by atoms with Gasteiger partial charge in [-0.05, 0) is 84.9 Å². The van der Waals surface area contributed by atoms with Crippen LogP contribution in [-0.4, -0.2) is 45.3 Å². The molecule has 12 heteroatoms. The third-order valence-corrected chi connectivity index (χ3v) is 8.37. The summed E-state index contributed by atoms with van der Waals surface area (Å²) in [5.41, 5.74) is 3.35. The number of hydrogen-bond acceptors (Lipinski definition) is 8. The average molecular weight is 870 g/mol. The topological polar surface area (TPSA) is 130 Å². The van der Waals surface area contributed by atoms with E-state index in [0.29, 0.717) is 45.0 Å². The molecule has 5 rings (SSSR count).